The fourth-order valence-corrected chi connectivity index (χ4v) is 2.52. The van der Waals surface area contributed by atoms with Crippen LogP contribution in [0.1, 0.15) is 6.42 Å². The Hall–Kier alpha value is -1.29. The Morgan fingerprint density at radius 1 is 1.40 bits per heavy atom. The maximum atomic E-state index is 11.7. The van der Waals surface area contributed by atoms with Gasteiger partial charge in [-0.1, -0.05) is 12.1 Å². The molecule has 0 bridgehead atoms. The lowest BCUT2D eigenvalue weighted by Gasteiger charge is -2.28. The molecule has 3 nitrogen and oxygen atoms in total. The smallest absolute Gasteiger partial charge is 0.237 e. The molecule has 0 saturated heterocycles. The van der Waals surface area contributed by atoms with Gasteiger partial charge in [-0.15, -0.1) is 11.8 Å². The van der Waals surface area contributed by atoms with Crippen molar-refractivity contribution in [3.63, 3.8) is 0 Å². The molecule has 4 heteroatoms. The van der Waals surface area contributed by atoms with Crippen LogP contribution >= 0.6 is 11.8 Å². The monoisotopic (exact) mass is 221 g/mol. The first-order valence-corrected chi connectivity index (χ1v) is 5.77. The lowest BCUT2D eigenvalue weighted by atomic mass is 10.2. The minimum absolute atomic E-state index is 0.0838. The van der Waals surface area contributed by atoms with Crippen molar-refractivity contribution in [1.29, 1.82) is 0 Å². The molecule has 1 aliphatic rings. The zero-order chi connectivity index (χ0) is 10.7. The molecule has 0 atom stereocenters. The third kappa shape index (κ3) is 2.04. The second-order valence-electron chi connectivity index (χ2n) is 3.26. The number of anilines is 1. The molecule has 0 spiro atoms. The number of amides is 1. The molecular weight excluding hydrogens is 210 g/mol. The van der Waals surface area contributed by atoms with Gasteiger partial charge >= 0.3 is 0 Å². The van der Waals surface area contributed by atoms with Crippen molar-refractivity contribution in [3.05, 3.63) is 24.3 Å². The van der Waals surface area contributed by atoms with E-state index in [2.05, 4.69) is 0 Å². The summed E-state index contributed by atoms with van der Waals surface area (Å²) in [7, 11) is 0. The van der Waals surface area contributed by atoms with Crippen LogP contribution in [0, 0.1) is 0 Å². The molecule has 0 aromatic heterocycles. The Morgan fingerprint density at radius 3 is 3.00 bits per heavy atom. The van der Waals surface area contributed by atoms with Crippen LogP contribution in [0.4, 0.5) is 5.69 Å². The number of hydrogen-bond acceptors (Lipinski definition) is 3. The molecule has 1 aliphatic heterocycles. The first-order valence-electron chi connectivity index (χ1n) is 4.79. The van der Waals surface area contributed by atoms with E-state index in [1.807, 2.05) is 24.3 Å². The molecule has 1 amide bonds. The van der Waals surface area contributed by atoms with Gasteiger partial charge < -0.3 is 9.69 Å². The average molecular weight is 221 g/mol. The van der Waals surface area contributed by atoms with E-state index in [4.69, 9.17) is 0 Å². The highest BCUT2D eigenvalue weighted by Crippen LogP contribution is 2.34. The normalized spacial score (nSPS) is 14.9. The summed E-state index contributed by atoms with van der Waals surface area (Å²) < 4.78 is 0. The zero-order valence-electron chi connectivity index (χ0n) is 8.18. The molecule has 1 aromatic carbocycles. The van der Waals surface area contributed by atoms with E-state index in [0.29, 0.717) is 18.7 Å². The number of carbonyl (C=O) groups is 2. The summed E-state index contributed by atoms with van der Waals surface area (Å²) in [5.41, 5.74) is 0.931. The summed E-state index contributed by atoms with van der Waals surface area (Å²) in [4.78, 5) is 24.8. The van der Waals surface area contributed by atoms with Crippen LogP contribution < -0.4 is 4.90 Å². The van der Waals surface area contributed by atoms with Gasteiger partial charge in [0, 0.05) is 17.9 Å². The fourth-order valence-electron chi connectivity index (χ4n) is 1.58. The highest BCUT2D eigenvalue weighted by molar-refractivity contribution is 8.00. The van der Waals surface area contributed by atoms with Gasteiger partial charge in [0.05, 0.1) is 11.4 Å². The van der Waals surface area contributed by atoms with Gasteiger partial charge in [0.1, 0.15) is 6.29 Å². The van der Waals surface area contributed by atoms with Crippen molar-refractivity contribution < 1.29 is 9.59 Å². The molecule has 0 saturated carbocycles. The number of thioether (sulfide) groups is 1. The summed E-state index contributed by atoms with van der Waals surface area (Å²) in [5, 5.41) is 0. The van der Waals surface area contributed by atoms with E-state index >= 15 is 0 Å². The molecule has 0 unspecified atom stereocenters. The predicted octanol–water partition coefficient (Wildman–Crippen LogP) is 1.71. The van der Waals surface area contributed by atoms with Gasteiger partial charge in [-0.2, -0.15) is 0 Å². The highest BCUT2D eigenvalue weighted by Gasteiger charge is 2.23. The maximum absolute atomic E-state index is 11.7. The molecule has 1 aromatic rings. The number of aldehydes is 1. The molecule has 0 radical (unpaired) electrons. The Kier molecular flexibility index (Phi) is 3.06. The van der Waals surface area contributed by atoms with Crippen LogP contribution in [0.25, 0.3) is 0 Å². The molecule has 1 heterocycles. The number of hydrogen-bond donors (Lipinski definition) is 0. The number of fused-ring (bicyclic) bond motifs is 1. The lowest BCUT2D eigenvalue weighted by molar-refractivity contribution is -0.116. The fraction of sp³-hybridized carbons (Fsp3) is 0.273. The third-order valence-electron chi connectivity index (χ3n) is 2.28. The lowest BCUT2D eigenvalue weighted by Crippen LogP contribution is -2.36. The summed E-state index contributed by atoms with van der Waals surface area (Å²) >= 11 is 1.55. The van der Waals surface area contributed by atoms with E-state index < -0.39 is 0 Å². The Morgan fingerprint density at radius 2 is 2.20 bits per heavy atom. The topological polar surface area (TPSA) is 37.4 Å². The second kappa shape index (κ2) is 4.49. The van der Waals surface area contributed by atoms with E-state index in [1.54, 1.807) is 16.7 Å². The molecule has 0 aliphatic carbocycles. The summed E-state index contributed by atoms with van der Waals surface area (Å²) in [5.74, 6) is 0.552. The number of para-hydroxylation sites is 1. The number of carbonyl (C=O) groups excluding carboxylic acids is 2. The van der Waals surface area contributed by atoms with E-state index in [9.17, 15) is 9.59 Å². The predicted molar refractivity (Wildman–Crippen MR) is 60.2 cm³/mol. The molecule has 78 valence electrons. The van der Waals surface area contributed by atoms with E-state index in [-0.39, 0.29) is 5.91 Å². The van der Waals surface area contributed by atoms with Gasteiger partial charge in [0.15, 0.2) is 0 Å². The van der Waals surface area contributed by atoms with Crippen molar-refractivity contribution in [2.45, 2.75) is 11.3 Å². The molecule has 2 rings (SSSR count). The highest BCUT2D eigenvalue weighted by atomic mass is 32.2. The Labute approximate surface area is 92.5 Å². The summed E-state index contributed by atoms with van der Waals surface area (Å²) in [6, 6.07) is 7.79. The zero-order valence-corrected chi connectivity index (χ0v) is 9.00. The van der Waals surface area contributed by atoms with Crippen LogP contribution in [0.5, 0.6) is 0 Å². The molecular formula is C11H11NO2S. The molecule has 0 fully saturated rings. The third-order valence-corrected chi connectivity index (χ3v) is 3.33. The number of rotatable bonds is 3. The SMILES string of the molecule is O=CCCN1C(=O)CSc2ccccc21. The van der Waals surface area contributed by atoms with Crippen molar-refractivity contribution in [1.82, 2.24) is 0 Å². The van der Waals surface area contributed by atoms with Gasteiger partial charge in [-0.3, -0.25) is 4.79 Å². The van der Waals surface area contributed by atoms with Crippen molar-refractivity contribution in [3.8, 4) is 0 Å². The summed E-state index contributed by atoms with van der Waals surface area (Å²) in [6.45, 7) is 0.486. The van der Waals surface area contributed by atoms with Crippen molar-refractivity contribution in [2.75, 3.05) is 17.2 Å². The van der Waals surface area contributed by atoms with Crippen molar-refractivity contribution >= 4 is 29.6 Å². The average Bonchev–Trinajstić information content (AvgIpc) is 2.28. The molecule has 0 N–H and O–H groups in total. The maximum Gasteiger partial charge on any atom is 0.237 e. The largest absolute Gasteiger partial charge is 0.310 e. The quantitative estimate of drug-likeness (QED) is 0.729. The van der Waals surface area contributed by atoms with Crippen LogP contribution in [0.2, 0.25) is 0 Å². The van der Waals surface area contributed by atoms with Gasteiger partial charge in [-0.25, -0.2) is 0 Å². The van der Waals surface area contributed by atoms with Gasteiger partial charge in [0.25, 0.3) is 0 Å². The first kappa shape index (κ1) is 10.2. The van der Waals surface area contributed by atoms with Gasteiger partial charge in [0.2, 0.25) is 5.91 Å². The van der Waals surface area contributed by atoms with Crippen LogP contribution in [0.15, 0.2) is 29.2 Å². The number of benzene rings is 1. The minimum Gasteiger partial charge on any atom is -0.310 e. The second-order valence-corrected chi connectivity index (χ2v) is 4.27. The van der Waals surface area contributed by atoms with Crippen molar-refractivity contribution in [2.24, 2.45) is 0 Å². The van der Waals surface area contributed by atoms with Gasteiger partial charge in [-0.05, 0) is 12.1 Å². The van der Waals surface area contributed by atoms with E-state index in [1.165, 1.54) is 0 Å². The minimum atomic E-state index is 0.0838. The Bertz CT molecular complexity index is 392. The van der Waals surface area contributed by atoms with Crippen LogP contribution in [-0.2, 0) is 9.59 Å². The molecule has 15 heavy (non-hydrogen) atoms. The summed E-state index contributed by atoms with van der Waals surface area (Å²) in [6.07, 6.45) is 1.24. The Balaban J connectivity index is 2.28. The van der Waals surface area contributed by atoms with Crippen LogP contribution in [-0.4, -0.2) is 24.5 Å². The van der Waals surface area contributed by atoms with Crippen LogP contribution in [0.3, 0.4) is 0 Å². The first-order chi connectivity index (χ1) is 7.33. The number of nitrogens with zero attached hydrogens (tertiary/aromatic N) is 1. The van der Waals surface area contributed by atoms with E-state index in [0.717, 1.165) is 16.9 Å². The standard InChI is InChI=1S/C11H11NO2S/c13-7-3-6-12-9-4-1-2-5-10(9)15-8-11(12)14/h1-2,4-5,7H,3,6,8H2.